The second-order valence-electron chi connectivity index (χ2n) is 4.84. The molecule has 2 heteroatoms. The van der Waals surface area contributed by atoms with Gasteiger partial charge in [0.25, 0.3) is 0 Å². The minimum atomic E-state index is -0.149. The third-order valence-electron chi connectivity index (χ3n) is 3.89. The van der Waals surface area contributed by atoms with Crippen LogP contribution in [0.4, 0.5) is 0 Å². The third kappa shape index (κ3) is 3.82. The van der Waals surface area contributed by atoms with Crippen LogP contribution < -0.4 is 5.73 Å². The topological polar surface area (TPSA) is 35.2 Å². The quantitative estimate of drug-likeness (QED) is 0.765. The summed E-state index contributed by atoms with van der Waals surface area (Å²) < 4.78 is 5.95. The molecule has 18 heavy (non-hydrogen) atoms. The molecule has 1 aromatic carbocycles. The fourth-order valence-corrected chi connectivity index (χ4v) is 2.60. The van der Waals surface area contributed by atoms with E-state index in [1.54, 1.807) is 0 Å². The lowest BCUT2D eigenvalue weighted by Gasteiger charge is -2.37. The number of benzene rings is 1. The van der Waals surface area contributed by atoms with Gasteiger partial charge in [-0.1, -0.05) is 44.2 Å². The molecule has 0 aliphatic heterocycles. The third-order valence-corrected chi connectivity index (χ3v) is 3.89. The summed E-state index contributed by atoms with van der Waals surface area (Å²) in [6.07, 6.45) is 3.96. The first-order valence-corrected chi connectivity index (χ1v) is 7.12. The van der Waals surface area contributed by atoms with Gasteiger partial charge in [0, 0.05) is 12.6 Å². The van der Waals surface area contributed by atoms with E-state index in [0.717, 1.165) is 32.3 Å². The Balaban J connectivity index is 2.59. The van der Waals surface area contributed by atoms with Crippen LogP contribution in [0.15, 0.2) is 30.3 Å². The van der Waals surface area contributed by atoms with Gasteiger partial charge in [-0.05, 0) is 38.2 Å². The maximum Gasteiger partial charge on any atom is 0.0827 e. The monoisotopic (exact) mass is 249 g/mol. The van der Waals surface area contributed by atoms with Crippen molar-refractivity contribution in [1.82, 2.24) is 0 Å². The number of hydrogen-bond donors (Lipinski definition) is 1. The van der Waals surface area contributed by atoms with Gasteiger partial charge in [-0.3, -0.25) is 0 Å². The van der Waals surface area contributed by atoms with Gasteiger partial charge in [0.15, 0.2) is 0 Å². The normalized spacial score (nSPS) is 13.6. The van der Waals surface area contributed by atoms with Crippen LogP contribution >= 0.6 is 0 Å². The summed E-state index contributed by atoms with van der Waals surface area (Å²) in [6, 6.07) is 10.6. The molecule has 0 aromatic heterocycles. The Kier molecular flexibility index (Phi) is 6.37. The minimum absolute atomic E-state index is 0.104. The van der Waals surface area contributed by atoms with Gasteiger partial charge < -0.3 is 10.5 Å². The molecule has 102 valence electrons. The molecule has 2 nitrogen and oxygen atoms in total. The molecule has 1 aromatic rings. The van der Waals surface area contributed by atoms with Crippen LogP contribution in [-0.4, -0.2) is 18.2 Å². The van der Waals surface area contributed by atoms with Crippen molar-refractivity contribution < 1.29 is 4.74 Å². The van der Waals surface area contributed by atoms with Crippen LogP contribution in [0, 0.1) is 0 Å². The van der Waals surface area contributed by atoms with E-state index in [0.29, 0.717) is 0 Å². The molecule has 0 aliphatic carbocycles. The van der Waals surface area contributed by atoms with Crippen LogP contribution in [0.3, 0.4) is 0 Å². The van der Waals surface area contributed by atoms with Crippen molar-refractivity contribution in [3.05, 3.63) is 35.9 Å². The molecule has 0 bridgehead atoms. The summed E-state index contributed by atoms with van der Waals surface area (Å²) in [5.41, 5.74) is 7.59. The fourth-order valence-electron chi connectivity index (χ4n) is 2.60. The van der Waals surface area contributed by atoms with E-state index in [9.17, 15) is 0 Å². The molecule has 0 spiro atoms. The number of hydrogen-bond acceptors (Lipinski definition) is 2. The van der Waals surface area contributed by atoms with Crippen LogP contribution in [-0.2, 0) is 11.2 Å². The smallest absolute Gasteiger partial charge is 0.0827 e. The molecule has 0 radical (unpaired) electrons. The van der Waals surface area contributed by atoms with E-state index in [1.165, 1.54) is 5.56 Å². The van der Waals surface area contributed by atoms with E-state index >= 15 is 0 Å². The fraction of sp³-hybridized carbons (Fsp3) is 0.625. The highest BCUT2D eigenvalue weighted by atomic mass is 16.5. The van der Waals surface area contributed by atoms with Crippen molar-refractivity contribution in [3.8, 4) is 0 Å². The molecule has 1 unspecified atom stereocenters. The molecule has 0 heterocycles. The summed E-state index contributed by atoms with van der Waals surface area (Å²) in [6.45, 7) is 7.12. The predicted octanol–water partition coefficient (Wildman–Crippen LogP) is 3.54. The Morgan fingerprint density at radius 2 is 1.72 bits per heavy atom. The average Bonchev–Trinajstić information content (AvgIpc) is 2.43. The molecule has 0 saturated heterocycles. The number of nitrogens with two attached hydrogens (primary N) is 1. The summed E-state index contributed by atoms with van der Waals surface area (Å²) in [5, 5.41) is 0. The predicted molar refractivity (Wildman–Crippen MR) is 77.7 cm³/mol. The zero-order valence-electron chi connectivity index (χ0n) is 12.0. The Bertz CT molecular complexity index is 319. The second kappa shape index (κ2) is 7.55. The van der Waals surface area contributed by atoms with Gasteiger partial charge in [-0.2, -0.15) is 0 Å². The summed E-state index contributed by atoms with van der Waals surface area (Å²) in [4.78, 5) is 0. The maximum atomic E-state index is 6.38. The largest absolute Gasteiger partial charge is 0.374 e. The second-order valence-corrected chi connectivity index (χ2v) is 4.84. The van der Waals surface area contributed by atoms with E-state index in [-0.39, 0.29) is 11.6 Å². The molecular weight excluding hydrogens is 222 g/mol. The van der Waals surface area contributed by atoms with E-state index in [4.69, 9.17) is 10.5 Å². The highest BCUT2D eigenvalue weighted by Gasteiger charge is 2.33. The van der Waals surface area contributed by atoms with Gasteiger partial charge in [0.05, 0.1) is 5.60 Å². The number of rotatable bonds is 8. The Morgan fingerprint density at radius 3 is 2.22 bits per heavy atom. The van der Waals surface area contributed by atoms with Crippen molar-refractivity contribution >= 4 is 0 Å². The molecule has 2 N–H and O–H groups in total. The van der Waals surface area contributed by atoms with Gasteiger partial charge in [-0.15, -0.1) is 0 Å². The van der Waals surface area contributed by atoms with Gasteiger partial charge in [0.2, 0.25) is 0 Å². The minimum Gasteiger partial charge on any atom is -0.374 e. The molecular formula is C16H27NO. The lowest BCUT2D eigenvalue weighted by Crippen LogP contribution is -2.49. The zero-order chi connectivity index (χ0) is 13.4. The maximum absolute atomic E-state index is 6.38. The number of aryl methyl sites for hydroxylation is 1. The number of ether oxygens (including phenoxy) is 1. The first kappa shape index (κ1) is 15.2. The molecule has 0 amide bonds. The first-order chi connectivity index (χ1) is 8.68. The van der Waals surface area contributed by atoms with Crippen LogP contribution in [0.25, 0.3) is 0 Å². The van der Waals surface area contributed by atoms with Crippen molar-refractivity contribution in [2.45, 2.75) is 58.1 Å². The Morgan fingerprint density at radius 1 is 1.11 bits per heavy atom. The highest BCUT2D eigenvalue weighted by Crippen LogP contribution is 2.26. The van der Waals surface area contributed by atoms with E-state index in [2.05, 4.69) is 38.1 Å². The van der Waals surface area contributed by atoms with Gasteiger partial charge in [-0.25, -0.2) is 0 Å². The average molecular weight is 249 g/mol. The Labute approximate surface area is 112 Å². The van der Waals surface area contributed by atoms with Crippen LogP contribution in [0.5, 0.6) is 0 Å². The van der Waals surface area contributed by atoms with Gasteiger partial charge in [0.1, 0.15) is 0 Å². The first-order valence-electron chi connectivity index (χ1n) is 7.12. The van der Waals surface area contributed by atoms with Crippen LogP contribution in [0.2, 0.25) is 0 Å². The zero-order valence-corrected chi connectivity index (χ0v) is 12.0. The summed E-state index contributed by atoms with van der Waals surface area (Å²) in [7, 11) is 0. The van der Waals surface area contributed by atoms with Crippen LogP contribution in [0.1, 0.15) is 45.6 Å². The highest BCUT2D eigenvalue weighted by molar-refractivity contribution is 5.15. The molecule has 0 aliphatic rings. The summed E-state index contributed by atoms with van der Waals surface area (Å²) >= 11 is 0. The molecule has 1 rings (SSSR count). The summed E-state index contributed by atoms with van der Waals surface area (Å²) in [5.74, 6) is 0. The lowest BCUT2D eigenvalue weighted by molar-refractivity contribution is -0.0649. The lowest BCUT2D eigenvalue weighted by atomic mass is 9.85. The van der Waals surface area contributed by atoms with Crippen molar-refractivity contribution in [2.75, 3.05) is 6.61 Å². The van der Waals surface area contributed by atoms with Gasteiger partial charge >= 0.3 is 0 Å². The van der Waals surface area contributed by atoms with Crippen molar-refractivity contribution in [2.24, 2.45) is 5.73 Å². The molecule has 0 fully saturated rings. The Hall–Kier alpha value is -0.860. The molecule has 1 atom stereocenters. The SMILES string of the molecule is CCOC(CC)(CC)C(N)CCc1ccccc1. The van der Waals surface area contributed by atoms with Crippen molar-refractivity contribution in [1.29, 1.82) is 0 Å². The van der Waals surface area contributed by atoms with E-state index in [1.807, 2.05) is 13.0 Å². The van der Waals surface area contributed by atoms with Crippen molar-refractivity contribution in [3.63, 3.8) is 0 Å². The standard InChI is InChI=1S/C16H27NO/c1-4-16(5-2,18-6-3)15(17)13-12-14-10-8-7-9-11-14/h7-11,15H,4-6,12-13,17H2,1-3H3. The molecule has 0 saturated carbocycles. The van der Waals surface area contributed by atoms with E-state index < -0.39 is 0 Å².